The number of carbonyl (C=O) groups is 1. The number of aromatic nitrogens is 1. The Bertz CT molecular complexity index is 1100. The van der Waals surface area contributed by atoms with E-state index in [2.05, 4.69) is 22.5 Å². The number of nitrogens with one attached hydrogen (secondary N) is 3. The van der Waals surface area contributed by atoms with Gasteiger partial charge in [0, 0.05) is 40.3 Å². The molecule has 0 spiro atoms. The van der Waals surface area contributed by atoms with E-state index in [0.717, 1.165) is 38.0 Å². The fourth-order valence-corrected chi connectivity index (χ4v) is 3.84. The monoisotopic (exact) mass is 440 g/mol. The number of rotatable bonds is 6. The molecule has 0 radical (unpaired) electrons. The molecule has 0 atom stereocenters. The van der Waals surface area contributed by atoms with Crippen LogP contribution in [0.4, 0.5) is 4.79 Å². The molecule has 31 heavy (non-hydrogen) atoms. The predicted octanol–water partition coefficient (Wildman–Crippen LogP) is 2.11. The molecule has 0 aliphatic carbocycles. The lowest BCUT2D eigenvalue weighted by molar-refractivity contribution is 0.233. The van der Waals surface area contributed by atoms with E-state index in [-0.39, 0.29) is 24.0 Å². The van der Waals surface area contributed by atoms with Gasteiger partial charge in [-0.3, -0.25) is 4.79 Å². The number of para-hydroxylation sites is 1. The first kappa shape index (κ1) is 22.8. The van der Waals surface area contributed by atoms with Crippen LogP contribution < -0.4 is 31.9 Å². The number of carbonyl (C=O) groups excluding carboxylic acids is 1. The van der Waals surface area contributed by atoms with Crippen LogP contribution in [-0.2, 0) is 6.54 Å². The molecule has 1 fully saturated rings. The summed E-state index contributed by atoms with van der Waals surface area (Å²) in [5, 5.41) is 10.6. The predicted molar refractivity (Wildman–Crippen MR) is 127 cm³/mol. The van der Waals surface area contributed by atoms with E-state index in [4.69, 9.17) is 11.6 Å². The molecule has 2 heterocycles. The highest BCUT2D eigenvalue weighted by molar-refractivity contribution is 6.33. The number of benzene rings is 1. The van der Waals surface area contributed by atoms with Gasteiger partial charge in [-0.25, -0.2) is 4.79 Å². The molecule has 0 saturated carbocycles. The van der Waals surface area contributed by atoms with Crippen LogP contribution in [0.5, 0.6) is 0 Å². The van der Waals surface area contributed by atoms with E-state index in [1.165, 1.54) is 0 Å². The molecule has 1 aromatic heterocycles. The van der Waals surface area contributed by atoms with Crippen molar-refractivity contribution in [2.75, 3.05) is 13.1 Å². The van der Waals surface area contributed by atoms with Gasteiger partial charge in [0.1, 0.15) is 0 Å². The van der Waals surface area contributed by atoms with Gasteiger partial charge in [-0.05, 0) is 50.6 Å². The number of pyridine rings is 1. The second-order valence-corrected chi connectivity index (χ2v) is 7.98. The van der Waals surface area contributed by atoms with E-state index in [1.807, 2.05) is 47.9 Å². The first-order valence-corrected chi connectivity index (χ1v) is 11.0. The molecule has 1 aliphatic heterocycles. The Morgan fingerprint density at radius 3 is 2.68 bits per heavy atom. The Balaban J connectivity index is 1.92. The molecule has 6 nitrogen and oxygen atoms in total. The van der Waals surface area contributed by atoms with Crippen molar-refractivity contribution in [3.05, 3.63) is 74.0 Å². The largest absolute Gasteiger partial charge is 0.335 e. The lowest BCUT2D eigenvalue weighted by atomic mass is 10.1. The number of amides is 2. The quantitative estimate of drug-likeness (QED) is 0.644. The van der Waals surface area contributed by atoms with Gasteiger partial charge in [0.2, 0.25) is 0 Å². The second kappa shape index (κ2) is 11.0. The molecule has 164 valence electrons. The number of halogens is 1. The van der Waals surface area contributed by atoms with Gasteiger partial charge in [-0.15, -0.1) is 0 Å². The van der Waals surface area contributed by atoms with Crippen molar-refractivity contribution >= 4 is 30.3 Å². The molecule has 2 amide bonds. The van der Waals surface area contributed by atoms with Gasteiger partial charge in [-0.2, -0.15) is 0 Å². The fraction of sp³-hybridized carbons (Fsp3) is 0.333. The van der Waals surface area contributed by atoms with Crippen LogP contribution >= 0.6 is 11.6 Å². The minimum absolute atomic E-state index is 0.115. The molecule has 0 bridgehead atoms. The third-order valence-corrected chi connectivity index (χ3v) is 5.50. The van der Waals surface area contributed by atoms with E-state index < -0.39 is 0 Å². The molecule has 3 N–H and O–H groups in total. The van der Waals surface area contributed by atoms with Crippen LogP contribution in [0.3, 0.4) is 0 Å². The maximum atomic E-state index is 13.0. The fourth-order valence-electron chi connectivity index (χ4n) is 3.59. The summed E-state index contributed by atoms with van der Waals surface area (Å²) in [7, 11) is 0. The summed E-state index contributed by atoms with van der Waals surface area (Å²) in [6, 6.07) is 9.54. The van der Waals surface area contributed by atoms with Crippen molar-refractivity contribution in [2.24, 2.45) is 0 Å². The summed E-state index contributed by atoms with van der Waals surface area (Å²) >= 11 is 6.33. The number of piperidine rings is 1. The number of hydrogen-bond acceptors (Lipinski definition) is 3. The van der Waals surface area contributed by atoms with Gasteiger partial charge < -0.3 is 20.5 Å². The standard InChI is InChI=1S/C24H29ClN4O2/c1-3-7-19(25)14-22-17(2)23(30)18(16-29(22)21-8-5-4-6-9-21)15-27-24(31)28-20-10-12-26-13-11-20/h4-9,14,16,20,26H,2-3,10-13,15H2,1H3,(H2,27,28,31). The van der Waals surface area contributed by atoms with Crippen molar-refractivity contribution in [3.8, 4) is 5.69 Å². The number of nitrogens with zero attached hydrogens (tertiary/aromatic N) is 1. The van der Waals surface area contributed by atoms with Crippen LogP contribution in [0, 0.1) is 0 Å². The Labute approximate surface area is 187 Å². The van der Waals surface area contributed by atoms with Crippen molar-refractivity contribution in [3.63, 3.8) is 0 Å². The Kier molecular flexibility index (Phi) is 8.09. The van der Waals surface area contributed by atoms with Gasteiger partial charge in [0.25, 0.3) is 0 Å². The van der Waals surface area contributed by atoms with Gasteiger partial charge in [-0.1, -0.05) is 49.4 Å². The summed E-state index contributed by atoms with van der Waals surface area (Å²) in [6.45, 7) is 7.91. The van der Waals surface area contributed by atoms with Crippen LogP contribution in [0.2, 0.25) is 0 Å². The molecule has 7 heteroatoms. The molecule has 2 aromatic rings. The summed E-state index contributed by atoms with van der Waals surface area (Å²) in [5.41, 5.74) is 1.13. The third kappa shape index (κ3) is 6.09. The zero-order chi connectivity index (χ0) is 22.2. The Hall–Kier alpha value is -2.83. The molecular weight excluding hydrogens is 412 g/mol. The maximum absolute atomic E-state index is 13.0. The van der Waals surface area contributed by atoms with Crippen LogP contribution in [0.1, 0.15) is 31.7 Å². The molecule has 1 aliphatic rings. The van der Waals surface area contributed by atoms with E-state index in [9.17, 15) is 9.59 Å². The number of allylic oxidation sites excluding steroid dienone is 2. The number of urea groups is 1. The Morgan fingerprint density at radius 2 is 2.00 bits per heavy atom. The van der Waals surface area contributed by atoms with Crippen molar-refractivity contribution in [1.29, 1.82) is 0 Å². The smallest absolute Gasteiger partial charge is 0.315 e. The molecular formula is C24H29ClN4O2. The first-order valence-electron chi connectivity index (χ1n) is 10.6. The first-order chi connectivity index (χ1) is 15.0. The summed E-state index contributed by atoms with van der Waals surface area (Å²) in [5.74, 6) is 0. The second-order valence-electron chi connectivity index (χ2n) is 7.55. The third-order valence-electron chi connectivity index (χ3n) is 5.24. The molecule has 0 unspecified atom stereocenters. The zero-order valence-electron chi connectivity index (χ0n) is 17.8. The van der Waals surface area contributed by atoms with Gasteiger partial charge >= 0.3 is 6.03 Å². The highest BCUT2D eigenvalue weighted by Crippen LogP contribution is 2.07. The summed E-state index contributed by atoms with van der Waals surface area (Å²) < 4.78 is 1.89. The lowest BCUT2D eigenvalue weighted by Gasteiger charge is -2.23. The Morgan fingerprint density at radius 1 is 1.29 bits per heavy atom. The van der Waals surface area contributed by atoms with Gasteiger partial charge in [0.15, 0.2) is 5.43 Å². The normalized spacial score (nSPS) is 15.7. The van der Waals surface area contributed by atoms with Crippen LogP contribution in [-0.4, -0.2) is 29.7 Å². The van der Waals surface area contributed by atoms with Crippen LogP contribution in [0.25, 0.3) is 18.3 Å². The summed E-state index contributed by atoms with van der Waals surface area (Å²) in [4.78, 5) is 25.3. The van der Waals surface area contributed by atoms with Crippen LogP contribution in [0.15, 0.2) is 52.4 Å². The van der Waals surface area contributed by atoms with E-state index >= 15 is 0 Å². The molecule has 1 saturated heterocycles. The minimum Gasteiger partial charge on any atom is -0.335 e. The minimum atomic E-state index is -0.271. The number of hydrogen-bond donors (Lipinski definition) is 3. The van der Waals surface area contributed by atoms with Crippen molar-refractivity contribution in [1.82, 2.24) is 20.5 Å². The SMILES string of the molecule is C=c1c(=O)c(CNC(=O)NC2CCNCC2)cn(-c2ccccc2)c1=CC(Cl)=CCC. The highest BCUT2D eigenvalue weighted by atomic mass is 35.5. The van der Waals surface area contributed by atoms with Gasteiger partial charge in [0.05, 0.1) is 5.35 Å². The zero-order valence-corrected chi connectivity index (χ0v) is 18.5. The average Bonchev–Trinajstić information content (AvgIpc) is 2.78. The van der Waals surface area contributed by atoms with E-state index in [0.29, 0.717) is 21.2 Å². The topological polar surface area (TPSA) is 75.2 Å². The van der Waals surface area contributed by atoms with E-state index in [1.54, 1.807) is 12.3 Å². The highest BCUT2D eigenvalue weighted by Gasteiger charge is 2.15. The maximum Gasteiger partial charge on any atom is 0.315 e. The average molecular weight is 441 g/mol. The summed E-state index contributed by atoms with van der Waals surface area (Å²) in [6.07, 6.45) is 7.95. The van der Waals surface area contributed by atoms with Crippen molar-refractivity contribution < 1.29 is 4.79 Å². The van der Waals surface area contributed by atoms with Crippen molar-refractivity contribution in [2.45, 2.75) is 38.8 Å². The molecule has 3 rings (SSSR count). The lowest BCUT2D eigenvalue weighted by Crippen LogP contribution is -2.49. The molecule has 1 aromatic carbocycles.